The van der Waals surface area contributed by atoms with Crippen molar-refractivity contribution in [2.24, 2.45) is 0 Å². The van der Waals surface area contributed by atoms with Crippen molar-refractivity contribution in [3.63, 3.8) is 0 Å². The summed E-state index contributed by atoms with van der Waals surface area (Å²) in [5, 5.41) is 0. The molecule has 0 spiro atoms. The van der Waals surface area contributed by atoms with Gasteiger partial charge in [0.05, 0.1) is 0 Å². The van der Waals surface area contributed by atoms with Gasteiger partial charge < -0.3 is 0 Å². The molecule has 10 heavy (non-hydrogen) atoms. The SMILES string of the molecule is C=CC/C(=C\C=C/C)CC. The Kier molecular flexibility index (Phi) is 5.85. The molecule has 0 aromatic heterocycles. The van der Waals surface area contributed by atoms with Crippen molar-refractivity contribution in [1.29, 1.82) is 0 Å². The minimum Gasteiger partial charge on any atom is -0.103 e. The largest absolute Gasteiger partial charge is 0.103 e. The molecule has 0 saturated heterocycles. The minimum absolute atomic E-state index is 1.01. The van der Waals surface area contributed by atoms with Crippen LogP contribution < -0.4 is 0 Å². The Morgan fingerprint density at radius 1 is 1.50 bits per heavy atom. The lowest BCUT2D eigenvalue weighted by molar-refractivity contribution is 1.03. The van der Waals surface area contributed by atoms with Crippen molar-refractivity contribution in [3.8, 4) is 0 Å². The maximum atomic E-state index is 3.69. The molecule has 0 nitrogen and oxygen atoms in total. The van der Waals surface area contributed by atoms with Gasteiger partial charge in [0.15, 0.2) is 0 Å². The van der Waals surface area contributed by atoms with E-state index in [1.807, 2.05) is 19.1 Å². The zero-order chi connectivity index (χ0) is 7.82. The Morgan fingerprint density at radius 2 is 2.20 bits per heavy atom. The summed E-state index contributed by atoms with van der Waals surface area (Å²) in [5.41, 5.74) is 1.44. The fourth-order valence-corrected chi connectivity index (χ4v) is 0.748. The van der Waals surface area contributed by atoms with Crippen LogP contribution in [0.4, 0.5) is 0 Å². The third-order valence-corrected chi connectivity index (χ3v) is 1.39. The van der Waals surface area contributed by atoms with Crippen LogP contribution in [0.2, 0.25) is 0 Å². The summed E-state index contributed by atoms with van der Waals surface area (Å²) in [6.45, 7) is 7.88. The zero-order valence-corrected chi connectivity index (χ0v) is 6.93. The predicted octanol–water partition coefficient (Wildman–Crippen LogP) is 3.48. The molecule has 0 amide bonds. The molecular formula is C10H16. The van der Waals surface area contributed by atoms with Crippen molar-refractivity contribution in [3.05, 3.63) is 36.5 Å². The molecular weight excluding hydrogens is 120 g/mol. The minimum atomic E-state index is 1.01. The predicted molar refractivity (Wildman–Crippen MR) is 48.0 cm³/mol. The molecule has 0 bridgehead atoms. The third kappa shape index (κ3) is 4.13. The van der Waals surface area contributed by atoms with E-state index in [4.69, 9.17) is 0 Å². The summed E-state index contributed by atoms with van der Waals surface area (Å²) in [6.07, 6.45) is 10.3. The van der Waals surface area contributed by atoms with Gasteiger partial charge in [-0.05, 0) is 19.8 Å². The first-order valence-corrected chi connectivity index (χ1v) is 3.76. The highest BCUT2D eigenvalue weighted by molar-refractivity contribution is 5.13. The highest BCUT2D eigenvalue weighted by Crippen LogP contribution is 2.06. The maximum Gasteiger partial charge on any atom is -0.0138 e. The van der Waals surface area contributed by atoms with E-state index >= 15 is 0 Å². The second-order valence-electron chi connectivity index (χ2n) is 2.20. The van der Waals surface area contributed by atoms with Gasteiger partial charge in [-0.15, -0.1) is 6.58 Å². The molecule has 0 aliphatic carbocycles. The van der Waals surface area contributed by atoms with Gasteiger partial charge in [0, 0.05) is 0 Å². The van der Waals surface area contributed by atoms with E-state index in [1.54, 1.807) is 0 Å². The fraction of sp³-hybridized carbons (Fsp3) is 0.400. The zero-order valence-electron chi connectivity index (χ0n) is 6.93. The molecule has 0 aliphatic heterocycles. The van der Waals surface area contributed by atoms with Crippen LogP contribution in [0.5, 0.6) is 0 Å². The molecule has 0 unspecified atom stereocenters. The van der Waals surface area contributed by atoms with E-state index in [2.05, 4.69) is 25.7 Å². The fourth-order valence-electron chi connectivity index (χ4n) is 0.748. The summed E-state index contributed by atoms with van der Waals surface area (Å²) in [5.74, 6) is 0. The smallest absolute Gasteiger partial charge is 0.0138 e. The van der Waals surface area contributed by atoms with Gasteiger partial charge >= 0.3 is 0 Å². The van der Waals surface area contributed by atoms with Crippen LogP contribution in [0.3, 0.4) is 0 Å². The van der Waals surface area contributed by atoms with E-state index in [-0.39, 0.29) is 0 Å². The Balaban J connectivity index is 3.89. The molecule has 0 aromatic carbocycles. The van der Waals surface area contributed by atoms with Crippen molar-refractivity contribution < 1.29 is 0 Å². The van der Waals surface area contributed by atoms with Gasteiger partial charge in [-0.1, -0.05) is 36.8 Å². The van der Waals surface area contributed by atoms with Crippen molar-refractivity contribution in [1.82, 2.24) is 0 Å². The molecule has 0 saturated carbocycles. The maximum absolute atomic E-state index is 3.69. The third-order valence-electron chi connectivity index (χ3n) is 1.39. The van der Waals surface area contributed by atoms with Crippen LogP contribution in [0.1, 0.15) is 26.7 Å². The van der Waals surface area contributed by atoms with Crippen LogP contribution >= 0.6 is 0 Å². The van der Waals surface area contributed by atoms with Crippen LogP contribution in [-0.2, 0) is 0 Å². The van der Waals surface area contributed by atoms with Gasteiger partial charge in [0.1, 0.15) is 0 Å². The Morgan fingerprint density at radius 3 is 2.60 bits per heavy atom. The van der Waals surface area contributed by atoms with Crippen LogP contribution in [0.15, 0.2) is 36.5 Å². The number of allylic oxidation sites excluding steroid dienone is 5. The van der Waals surface area contributed by atoms with Crippen LogP contribution in [0.25, 0.3) is 0 Å². The molecule has 0 radical (unpaired) electrons. The van der Waals surface area contributed by atoms with E-state index in [0.717, 1.165) is 12.8 Å². The summed E-state index contributed by atoms with van der Waals surface area (Å²) in [7, 11) is 0. The lowest BCUT2D eigenvalue weighted by Crippen LogP contribution is -1.75. The average Bonchev–Trinajstić information content (AvgIpc) is 1.98. The molecule has 0 aromatic rings. The van der Waals surface area contributed by atoms with Gasteiger partial charge in [0.25, 0.3) is 0 Å². The Hall–Kier alpha value is -0.780. The molecule has 0 heterocycles. The standard InChI is InChI=1S/C10H16/c1-4-7-9-10(6-3)8-5-2/h4-5,7,9H,2,6,8H2,1,3H3/b7-4-,10-9-. The Labute approximate surface area is 64.0 Å². The normalized spacial score (nSPS) is 12.4. The topological polar surface area (TPSA) is 0 Å². The first-order valence-electron chi connectivity index (χ1n) is 3.76. The van der Waals surface area contributed by atoms with Crippen LogP contribution in [0, 0.1) is 0 Å². The second kappa shape index (κ2) is 6.34. The molecule has 0 fully saturated rings. The monoisotopic (exact) mass is 136 g/mol. The first-order chi connectivity index (χ1) is 4.85. The van der Waals surface area contributed by atoms with Crippen molar-refractivity contribution >= 4 is 0 Å². The lowest BCUT2D eigenvalue weighted by Gasteiger charge is -1.95. The van der Waals surface area contributed by atoms with Gasteiger partial charge in [0.2, 0.25) is 0 Å². The summed E-state index contributed by atoms with van der Waals surface area (Å²) >= 11 is 0. The van der Waals surface area contributed by atoms with E-state index in [0.29, 0.717) is 0 Å². The summed E-state index contributed by atoms with van der Waals surface area (Å²) < 4.78 is 0. The molecule has 0 atom stereocenters. The average molecular weight is 136 g/mol. The van der Waals surface area contributed by atoms with Crippen molar-refractivity contribution in [2.75, 3.05) is 0 Å². The van der Waals surface area contributed by atoms with Crippen molar-refractivity contribution in [2.45, 2.75) is 26.7 Å². The van der Waals surface area contributed by atoms with Gasteiger partial charge in [-0.2, -0.15) is 0 Å². The van der Waals surface area contributed by atoms with E-state index in [9.17, 15) is 0 Å². The first kappa shape index (κ1) is 9.22. The van der Waals surface area contributed by atoms with Gasteiger partial charge in [-0.3, -0.25) is 0 Å². The summed E-state index contributed by atoms with van der Waals surface area (Å²) in [4.78, 5) is 0. The molecule has 56 valence electrons. The highest BCUT2D eigenvalue weighted by Gasteiger charge is 1.85. The summed E-state index contributed by atoms with van der Waals surface area (Å²) in [6, 6.07) is 0. The highest BCUT2D eigenvalue weighted by atomic mass is 13.9. The van der Waals surface area contributed by atoms with E-state index in [1.165, 1.54) is 5.57 Å². The number of rotatable bonds is 4. The lowest BCUT2D eigenvalue weighted by atomic mass is 10.1. The van der Waals surface area contributed by atoms with Crippen LogP contribution in [-0.4, -0.2) is 0 Å². The Bertz CT molecular complexity index is 138. The second-order valence-corrected chi connectivity index (χ2v) is 2.20. The molecule has 0 aliphatic rings. The molecule has 0 rings (SSSR count). The van der Waals surface area contributed by atoms with E-state index < -0.39 is 0 Å². The number of hydrogen-bond donors (Lipinski definition) is 0. The molecule has 0 heteroatoms. The number of hydrogen-bond acceptors (Lipinski definition) is 0. The molecule has 0 N–H and O–H groups in total. The van der Waals surface area contributed by atoms with Gasteiger partial charge in [-0.25, -0.2) is 0 Å². The quantitative estimate of drug-likeness (QED) is 0.410.